The summed E-state index contributed by atoms with van der Waals surface area (Å²) in [6.45, 7) is -0.174. The number of aliphatic carboxylic acids is 1. The first-order chi connectivity index (χ1) is 6.66. The third kappa shape index (κ3) is 1.60. The Bertz CT molecular complexity index is 494. The van der Waals surface area contributed by atoms with Crippen molar-refractivity contribution < 1.29 is 9.90 Å². The fraction of sp³-hybridized carbons (Fsp3) is 0.125. The summed E-state index contributed by atoms with van der Waals surface area (Å²) in [5, 5.41) is 16.2. The van der Waals surface area contributed by atoms with Crippen LogP contribution in [0.3, 0.4) is 0 Å². The third-order valence-electron chi connectivity index (χ3n) is 1.76. The average Bonchev–Trinajstić information content (AvgIpc) is 2.47. The molecule has 2 rings (SSSR count). The molecule has 0 atom stereocenters. The predicted molar refractivity (Wildman–Crippen MR) is 52.9 cm³/mol. The first kappa shape index (κ1) is 9.14. The van der Waals surface area contributed by atoms with Crippen molar-refractivity contribution in [3.8, 4) is 0 Å². The second kappa shape index (κ2) is 3.38. The number of benzene rings is 1. The number of carboxylic acids is 1. The highest BCUT2D eigenvalue weighted by molar-refractivity contribution is 9.10. The maximum Gasteiger partial charge on any atom is 0.325 e. The van der Waals surface area contributed by atoms with E-state index in [0.29, 0.717) is 11.0 Å². The van der Waals surface area contributed by atoms with E-state index >= 15 is 0 Å². The predicted octanol–water partition coefficient (Wildman–Crippen LogP) is 1.28. The minimum Gasteiger partial charge on any atom is -0.480 e. The smallest absolute Gasteiger partial charge is 0.325 e. The molecular formula is C8H6BrN3O2. The molecule has 1 heterocycles. The molecule has 0 fully saturated rings. The molecule has 0 aliphatic carbocycles. The van der Waals surface area contributed by atoms with E-state index in [9.17, 15) is 4.79 Å². The van der Waals surface area contributed by atoms with E-state index in [1.165, 1.54) is 4.68 Å². The second-order valence-corrected chi connectivity index (χ2v) is 3.69. The summed E-state index contributed by atoms with van der Waals surface area (Å²) in [6, 6.07) is 5.41. The van der Waals surface area contributed by atoms with Crippen LogP contribution < -0.4 is 0 Å². The molecule has 0 spiro atoms. The van der Waals surface area contributed by atoms with E-state index in [4.69, 9.17) is 5.11 Å². The van der Waals surface area contributed by atoms with E-state index in [1.807, 2.05) is 6.07 Å². The Balaban J connectivity index is 2.55. The van der Waals surface area contributed by atoms with Gasteiger partial charge in [0.2, 0.25) is 0 Å². The van der Waals surface area contributed by atoms with Crippen LogP contribution in [0.5, 0.6) is 0 Å². The van der Waals surface area contributed by atoms with E-state index in [-0.39, 0.29) is 6.54 Å². The molecule has 0 bridgehead atoms. The SMILES string of the molecule is O=C(O)Cn1nnc2ccc(Br)cc21. The second-order valence-electron chi connectivity index (χ2n) is 2.77. The number of hydrogen-bond donors (Lipinski definition) is 1. The van der Waals surface area contributed by atoms with Gasteiger partial charge in [0.05, 0.1) is 5.52 Å². The number of aromatic nitrogens is 3. The summed E-state index contributed by atoms with van der Waals surface area (Å²) < 4.78 is 2.22. The summed E-state index contributed by atoms with van der Waals surface area (Å²) in [6.07, 6.45) is 0. The lowest BCUT2D eigenvalue weighted by Gasteiger charge is -1.96. The van der Waals surface area contributed by atoms with Gasteiger partial charge < -0.3 is 5.11 Å². The van der Waals surface area contributed by atoms with Crippen molar-refractivity contribution in [2.75, 3.05) is 0 Å². The molecule has 2 aromatic rings. The number of halogens is 1. The summed E-state index contributed by atoms with van der Waals surface area (Å²) in [5.41, 5.74) is 1.40. The molecule has 1 aromatic heterocycles. The highest BCUT2D eigenvalue weighted by atomic mass is 79.9. The van der Waals surface area contributed by atoms with Crippen LogP contribution in [0.2, 0.25) is 0 Å². The Kier molecular flexibility index (Phi) is 2.20. The lowest BCUT2D eigenvalue weighted by Crippen LogP contribution is -2.09. The number of fused-ring (bicyclic) bond motifs is 1. The minimum atomic E-state index is -0.934. The lowest BCUT2D eigenvalue weighted by molar-refractivity contribution is -0.137. The summed E-state index contributed by atoms with van der Waals surface area (Å²) in [7, 11) is 0. The van der Waals surface area contributed by atoms with Crippen molar-refractivity contribution in [3.63, 3.8) is 0 Å². The molecule has 0 saturated heterocycles. The van der Waals surface area contributed by atoms with Gasteiger partial charge in [0, 0.05) is 4.47 Å². The number of rotatable bonds is 2. The van der Waals surface area contributed by atoms with Crippen LogP contribution in [0.4, 0.5) is 0 Å². The Morgan fingerprint density at radius 2 is 2.36 bits per heavy atom. The van der Waals surface area contributed by atoms with E-state index in [1.54, 1.807) is 12.1 Å². The van der Waals surface area contributed by atoms with E-state index in [2.05, 4.69) is 26.2 Å². The van der Waals surface area contributed by atoms with Crippen molar-refractivity contribution in [1.29, 1.82) is 0 Å². The summed E-state index contributed by atoms with van der Waals surface area (Å²) in [4.78, 5) is 10.5. The summed E-state index contributed by atoms with van der Waals surface area (Å²) >= 11 is 3.30. The van der Waals surface area contributed by atoms with Crippen LogP contribution in [0.25, 0.3) is 11.0 Å². The number of carboxylic acid groups (broad SMARTS) is 1. The van der Waals surface area contributed by atoms with Crippen LogP contribution in [-0.4, -0.2) is 26.1 Å². The number of carbonyl (C=O) groups is 1. The van der Waals surface area contributed by atoms with Gasteiger partial charge in [-0.2, -0.15) is 0 Å². The van der Waals surface area contributed by atoms with E-state index in [0.717, 1.165) is 4.47 Å². The fourth-order valence-electron chi connectivity index (χ4n) is 1.18. The maximum atomic E-state index is 10.5. The van der Waals surface area contributed by atoms with Gasteiger partial charge in [0.1, 0.15) is 12.1 Å². The molecule has 0 aliphatic rings. The molecule has 14 heavy (non-hydrogen) atoms. The Morgan fingerprint density at radius 1 is 1.57 bits per heavy atom. The van der Waals surface area contributed by atoms with Gasteiger partial charge in [-0.05, 0) is 18.2 Å². The first-order valence-corrected chi connectivity index (χ1v) is 4.66. The number of hydrogen-bond acceptors (Lipinski definition) is 3. The highest BCUT2D eigenvalue weighted by Gasteiger charge is 2.07. The number of nitrogens with zero attached hydrogens (tertiary/aromatic N) is 3. The standard InChI is InChI=1S/C8H6BrN3O2/c9-5-1-2-6-7(3-5)12(11-10-6)4-8(13)14/h1-3H,4H2,(H,13,14). The van der Waals surface area contributed by atoms with E-state index < -0.39 is 5.97 Å². The van der Waals surface area contributed by atoms with Gasteiger partial charge in [-0.1, -0.05) is 21.1 Å². The average molecular weight is 256 g/mol. The molecule has 0 saturated carbocycles. The molecule has 6 heteroatoms. The van der Waals surface area contributed by atoms with Crippen LogP contribution in [0, 0.1) is 0 Å². The molecule has 1 N–H and O–H groups in total. The zero-order valence-electron chi connectivity index (χ0n) is 7.01. The molecule has 5 nitrogen and oxygen atoms in total. The monoisotopic (exact) mass is 255 g/mol. The third-order valence-corrected chi connectivity index (χ3v) is 2.25. The minimum absolute atomic E-state index is 0.174. The normalized spacial score (nSPS) is 10.6. The zero-order chi connectivity index (χ0) is 10.1. The van der Waals surface area contributed by atoms with Crippen LogP contribution in [-0.2, 0) is 11.3 Å². The van der Waals surface area contributed by atoms with Gasteiger partial charge in [-0.15, -0.1) is 5.10 Å². The van der Waals surface area contributed by atoms with Gasteiger partial charge in [-0.3, -0.25) is 4.79 Å². The van der Waals surface area contributed by atoms with Crippen molar-refractivity contribution >= 4 is 32.9 Å². The largest absolute Gasteiger partial charge is 0.480 e. The van der Waals surface area contributed by atoms with Crippen LogP contribution in [0.1, 0.15) is 0 Å². The van der Waals surface area contributed by atoms with Crippen molar-refractivity contribution in [2.45, 2.75) is 6.54 Å². The first-order valence-electron chi connectivity index (χ1n) is 3.87. The zero-order valence-corrected chi connectivity index (χ0v) is 8.60. The molecule has 0 unspecified atom stereocenters. The van der Waals surface area contributed by atoms with Crippen LogP contribution >= 0.6 is 15.9 Å². The summed E-state index contributed by atoms with van der Waals surface area (Å²) in [5.74, 6) is -0.934. The Labute approximate surface area is 87.5 Å². The van der Waals surface area contributed by atoms with Crippen LogP contribution in [0.15, 0.2) is 22.7 Å². The highest BCUT2D eigenvalue weighted by Crippen LogP contribution is 2.17. The van der Waals surface area contributed by atoms with Crippen molar-refractivity contribution in [3.05, 3.63) is 22.7 Å². The topological polar surface area (TPSA) is 68.0 Å². The molecular weight excluding hydrogens is 250 g/mol. The lowest BCUT2D eigenvalue weighted by atomic mass is 10.3. The molecule has 0 aliphatic heterocycles. The van der Waals surface area contributed by atoms with Gasteiger partial charge in [0.15, 0.2) is 0 Å². The Morgan fingerprint density at radius 3 is 3.07 bits per heavy atom. The van der Waals surface area contributed by atoms with Gasteiger partial charge in [-0.25, -0.2) is 4.68 Å². The quantitative estimate of drug-likeness (QED) is 0.878. The van der Waals surface area contributed by atoms with Gasteiger partial charge >= 0.3 is 5.97 Å². The maximum absolute atomic E-state index is 10.5. The van der Waals surface area contributed by atoms with Gasteiger partial charge in [0.25, 0.3) is 0 Å². The molecule has 72 valence electrons. The Hall–Kier alpha value is -1.43. The van der Waals surface area contributed by atoms with Crippen molar-refractivity contribution in [1.82, 2.24) is 15.0 Å². The molecule has 0 amide bonds. The molecule has 0 radical (unpaired) electrons. The fourth-order valence-corrected chi connectivity index (χ4v) is 1.53. The molecule has 1 aromatic carbocycles. The van der Waals surface area contributed by atoms with Crippen molar-refractivity contribution in [2.24, 2.45) is 0 Å².